The van der Waals surface area contributed by atoms with Crippen LogP contribution in [0.3, 0.4) is 0 Å². The summed E-state index contributed by atoms with van der Waals surface area (Å²) in [5.74, 6) is -4.22. The number of hydrogen-bond donors (Lipinski definition) is 0. The third kappa shape index (κ3) is 1.35. The Labute approximate surface area is 191 Å². The van der Waals surface area contributed by atoms with Crippen molar-refractivity contribution in [2.45, 2.75) is 22.7 Å². The Bertz CT molecular complexity index is 1830. The van der Waals surface area contributed by atoms with Crippen molar-refractivity contribution < 1.29 is 17.6 Å². The fourth-order valence-electron chi connectivity index (χ4n) is 7.94. The van der Waals surface area contributed by atoms with Gasteiger partial charge in [0.2, 0.25) is 5.67 Å². The Morgan fingerprint density at radius 1 is 0.735 bits per heavy atom. The van der Waals surface area contributed by atoms with E-state index in [2.05, 4.69) is 0 Å². The lowest BCUT2D eigenvalue weighted by molar-refractivity contribution is -0.0984. The van der Waals surface area contributed by atoms with Gasteiger partial charge in [-0.3, -0.25) is 0 Å². The van der Waals surface area contributed by atoms with E-state index in [9.17, 15) is 0 Å². The molecule has 6 aliphatic carbocycles. The van der Waals surface area contributed by atoms with Crippen LogP contribution in [0.4, 0.5) is 17.6 Å². The summed E-state index contributed by atoms with van der Waals surface area (Å²) >= 11 is 0. The van der Waals surface area contributed by atoms with Crippen molar-refractivity contribution in [1.29, 1.82) is 0 Å². The summed E-state index contributed by atoms with van der Waals surface area (Å²) in [7, 11) is 0. The van der Waals surface area contributed by atoms with Crippen molar-refractivity contribution in [2.24, 2.45) is 0 Å². The fraction of sp³-hybridized carbons (Fsp3) is 0.133. The molecule has 0 aliphatic heterocycles. The molecule has 0 saturated heterocycles. The van der Waals surface area contributed by atoms with Crippen molar-refractivity contribution >= 4 is 33.4 Å². The molecule has 0 fully saturated rings. The van der Waals surface area contributed by atoms with E-state index in [1.54, 1.807) is 24.3 Å². The van der Waals surface area contributed by atoms with Crippen LogP contribution in [-0.2, 0) is 11.1 Å². The van der Waals surface area contributed by atoms with Gasteiger partial charge in [-0.15, -0.1) is 0 Å². The first-order chi connectivity index (χ1) is 16.5. The van der Waals surface area contributed by atoms with E-state index in [0.717, 1.165) is 16.3 Å². The molecule has 0 saturated carbocycles. The van der Waals surface area contributed by atoms with Crippen molar-refractivity contribution in [3.05, 3.63) is 118 Å². The number of benzene rings is 4. The number of hydrogen-bond acceptors (Lipinski definition) is 0. The van der Waals surface area contributed by atoms with Crippen LogP contribution < -0.4 is 0 Å². The number of allylic oxidation sites excluding steroid dienone is 4. The lowest BCUT2D eigenvalue weighted by Gasteiger charge is -2.65. The Kier molecular flexibility index (Phi) is 2.56. The average molecular weight is 450 g/mol. The molecule has 4 aromatic carbocycles. The van der Waals surface area contributed by atoms with E-state index in [1.165, 1.54) is 6.07 Å². The summed E-state index contributed by atoms with van der Waals surface area (Å²) in [5, 5.41) is 2.85. The van der Waals surface area contributed by atoms with Crippen molar-refractivity contribution in [2.75, 3.05) is 0 Å². The molecular weight excluding hydrogens is 436 g/mol. The van der Waals surface area contributed by atoms with Gasteiger partial charge in [-0.1, -0.05) is 78.9 Å². The molecule has 4 atom stereocenters. The third-order valence-corrected chi connectivity index (χ3v) is 9.04. The van der Waals surface area contributed by atoms with Crippen LogP contribution in [0.25, 0.3) is 33.4 Å². The average Bonchev–Trinajstić information content (AvgIpc) is 2.87. The summed E-state index contributed by atoms with van der Waals surface area (Å²) in [4.78, 5) is 0. The van der Waals surface area contributed by atoms with E-state index in [0.29, 0.717) is 33.0 Å². The quantitative estimate of drug-likeness (QED) is 0.189. The fourth-order valence-corrected chi connectivity index (χ4v) is 7.94. The van der Waals surface area contributed by atoms with Crippen LogP contribution in [0.15, 0.2) is 84.2 Å². The van der Waals surface area contributed by atoms with Crippen LogP contribution in [0.2, 0.25) is 0 Å². The van der Waals surface area contributed by atoms with Gasteiger partial charge in [-0.05, 0) is 49.4 Å². The first kappa shape index (κ1) is 17.8. The zero-order chi connectivity index (χ0) is 22.8. The second-order valence-electron chi connectivity index (χ2n) is 10.0. The highest BCUT2D eigenvalue weighted by Gasteiger charge is 2.81. The Hall–Kier alpha value is -3.66. The molecule has 34 heavy (non-hydrogen) atoms. The zero-order valence-electron chi connectivity index (χ0n) is 17.6. The Morgan fingerprint density at radius 2 is 1.44 bits per heavy atom. The highest BCUT2D eigenvalue weighted by molar-refractivity contribution is 6.17. The maximum Gasteiger partial charge on any atom is 0.214 e. The van der Waals surface area contributed by atoms with Gasteiger partial charge in [0.1, 0.15) is 0 Å². The molecule has 0 nitrogen and oxygen atoms in total. The largest absolute Gasteiger partial charge is 0.233 e. The first-order valence-electron chi connectivity index (χ1n) is 11.4. The normalized spacial score (nSPS) is 32.7. The maximum atomic E-state index is 18.5. The van der Waals surface area contributed by atoms with Gasteiger partial charge in [0, 0.05) is 17.0 Å². The smallest absolute Gasteiger partial charge is 0.214 e. The van der Waals surface area contributed by atoms with Gasteiger partial charge < -0.3 is 0 Å². The summed E-state index contributed by atoms with van der Waals surface area (Å²) in [6, 6.07) is 17.9. The van der Waals surface area contributed by atoms with Gasteiger partial charge in [0.05, 0.1) is 5.41 Å². The lowest BCUT2D eigenvalue weighted by atomic mass is 9.38. The van der Waals surface area contributed by atoms with Crippen molar-refractivity contribution in [3.8, 4) is 0 Å². The van der Waals surface area contributed by atoms with Gasteiger partial charge in [0.15, 0.2) is 17.3 Å². The predicted octanol–water partition coefficient (Wildman–Crippen LogP) is 7.85. The highest BCUT2D eigenvalue weighted by Crippen LogP contribution is 2.78. The monoisotopic (exact) mass is 450 g/mol. The zero-order valence-corrected chi connectivity index (χ0v) is 17.6. The molecular formula is C30H14F4. The SMILES string of the molecule is FC1=C(F)[C@]2(F)C3C=C4C=Cc5ccc6ccc7ccc1c1c7c6c5C4(c4ccccc43)[C@]12F. The van der Waals surface area contributed by atoms with Gasteiger partial charge in [-0.2, -0.15) is 0 Å². The van der Waals surface area contributed by atoms with E-state index in [-0.39, 0.29) is 11.1 Å². The molecule has 0 radical (unpaired) electrons. The summed E-state index contributed by atoms with van der Waals surface area (Å²) in [6.07, 6.45) is 5.39. The molecule has 0 amide bonds. The second-order valence-corrected chi connectivity index (χ2v) is 10.0. The van der Waals surface area contributed by atoms with Crippen LogP contribution in [-0.4, -0.2) is 5.67 Å². The van der Waals surface area contributed by atoms with Crippen LogP contribution in [0, 0.1) is 0 Å². The molecule has 0 heterocycles. The molecule has 10 rings (SSSR count). The molecule has 2 bridgehead atoms. The van der Waals surface area contributed by atoms with E-state index in [4.69, 9.17) is 0 Å². The third-order valence-electron chi connectivity index (χ3n) is 9.04. The minimum absolute atomic E-state index is 0.0537. The standard InChI is InChI=1S/C30H14F4/c31-26-19-12-10-15-6-5-14-7-8-16-9-11-17-13-21-18-3-1-2-4-20(18)28(17)24(16)22(14)23(15)25(19)30(28,34)29(21,33)27(26)32/h1-13,21H/t21?,28?,29-,30-/m1/s1. The van der Waals surface area contributed by atoms with Gasteiger partial charge in [-0.25, -0.2) is 17.6 Å². The number of halogens is 4. The molecule has 162 valence electrons. The highest BCUT2D eigenvalue weighted by atomic mass is 19.2. The predicted molar refractivity (Wildman–Crippen MR) is 124 cm³/mol. The minimum Gasteiger partial charge on any atom is -0.233 e. The summed E-state index contributed by atoms with van der Waals surface area (Å²) < 4.78 is 67.5. The minimum atomic E-state index is -3.20. The summed E-state index contributed by atoms with van der Waals surface area (Å²) in [6.45, 7) is 0. The maximum absolute atomic E-state index is 18.5. The van der Waals surface area contributed by atoms with E-state index < -0.39 is 34.3 Å². The lowest BCUT2D eigenvalue weighted by Crippen LogP contribution is -2.70. The van der Waals surface area contributed by atoms with Gasteiger partial charge >= 0.3 is 0 Å². The molecule has 2 unspecified atom stereocenters. The van der Waals surface area contributed by atoms with E-state index >= 15 is 17.6 Å². The number of alkyl halides is 2. The molecule has 4 heteroatoms. The van der Waals surface area contributed by atoms with Crippen LogP contribution in [0.1, 0.15) is 39.3 Å². The molecule has 0 aromatic heterocycles. The molecule has 1 spiro atoms. The van der Waals surface area contributed by atoms with Crippen molar-refractivity contribution in [1.82, 2.24) is 0 Å². The molecule has 0 N–H and O–H groups in total. The topological polar surface area (TPSA) is 0 Å². The Morgan fingerprint density at radius 3 is 2.26 bits per heavy atom. The van der Waals surface area contributed by atoms with Gasteiger partial charge in [0.25, 0.3) is 0 Å². The van der Waals surface area contributed by atoms with Crippen LogP contribution in [0.5, 0.6) is 0 Å². The first-order valence-corrected chi connectivity index (χ1v) is 11.4. The molecule has 4 aromatic rings. The number of rotatable bonds is 0. The Balaban J connectivity index is 1.72. The second kappa shape index (κ2) is 4.90. The van der Waals surface area contributed by atoms with Crippen LogP contribution >= 0.6 is 0 Å². The van der Waals surface area contributed by atoms with Crippen molar-refractivity contribution in [3.63, 3.8) is 0 Å². The molecule has 6 aliphatic rings. The summed E-state index contributed by atoms with van der Waals surface area (Å²) in [5.41, 5.74) is -4.71. The van der Waals surface area contributed by atoms with E-state index in [1.807, 2.05) is 48.6 Å².